The molecule has 2 heterocycles. The van der Waals surface area contributed by atoms with Crippen LogP contribution in [0.5, 0.6) is 0 Å². The zero-order valence-electron chi connectivity index (χ0n) is 8.30. The second-order valence-corrected chi connectivity index (χ2v) is 4.28. The summed E-state index contributed by atoms with van der Waals surface area (Å²) in [6, 6.07) is 0. The lowest BCUT2D eigenvalue weighted by Gasteiger charge is -2.31. The van der Waals surface area contributed by atoms with E-state index >= 15 is 0 Å². The summed E-state index contributed by atoms with van der Waals surface area (Å²) in [5.74, 6) is 0. The minimum absolute atomic E-state index is 0.0568. The first kappa shape index (κ1) is 10.7. The minimum atomic E-state index is -0.0911. The molecular weight excluding hydrogens is 216 g/mol. The topological polar surface area (TPSA) is 84.5 Å². The number of hydrogen-bond acceptors (Lipinski definition) is 7. The molecule has 0 amide bonds. The first-order valence-corrected chi connectivity index (χ1v) is 5.58. The molecule has 1 aromatic heterocycles. The molecule has 0 saturated carbocycles. The molecule has 1 aromatic rings. The van der Waals surface area contributed by atoms with Gasteiger partial charge >= 0.3 is 0 Å². The van der Waals surface area contributed by atoms with Crippen molar-refractivity contribution in [1.82, 2.24) is 14.5 Å². The standard InChI is InChI=1S/C8H14N4O2S/c9-8-7(10-11-15-8)4-12-1-2-14-6(3-12)5-13/h6,13H,1-5,9H2. The molecule has 1 unspecified atom stereocenters. The van der Waals surface area contributed by atoms with Gasteiger partial charge in [-0.05, 0) is 0 Å². The highest BCUT2D eigenvalue weighted by Crippen LogP contribution is 2.16. The number of aliphatic hydroxyl groups excluding tert-OH is 1. The summed E-state index contributed by atoms with van der Waals surface area (Å²) in [7, 11) is 0. The Bertz CT molecular complexity index is 319. The van der Waals surface area contributed by atoms with Crippen molar-refractivity contribution in [3.63, 3.8) is 0 Å². The number of hydrogen-bond donors (Lipinski definition) is 2. The molecule has 0 bridgehead atoms. The highest BCUT2D eigenvalue weighted by atomic mass is 32.1. The van der Waals surface area contributed by atoms with E-state index in [4.69, 9.17) is 15.6 Å². The van der Waals surface area contributed by atoms with E-state index in [9.17, 15) is 0 Å². The van der Waals surface area contributed by atoms with Crippen molar-refractivity contribution >= 4 is 16.5 Å². The van der Waals surface area contributed by atoms with E-state index in [2.05, 4.69) is 14.5 Å². The van der Waals surface area contributed by atoms with E-state index < -0.39 is 0 Å². The summed E-state index contributed by atoms with van der Waals surface area (Å²) < 4.78 is 9.14. The smallest absolute Gasteiger partial charge is 0.132 e. The van der Waals surface area contributed by atoms with Crippen molar-refractivity contribution in [2.75, 3.05) is 32.0 Å². The van der Waals surface area contributed by atoms with Crippen molar-refractivity contribution in [3.05, 3.63) is 5.69 Å². The molecule has 0 aromatic carbocycles. The fourth-order valence-electron chi connectivity index (χ4n) is 1.57. The predicted octanol–water partition coefficient (Wildman–Crippen LogP) is -0.687. The van der Waals surface area contributed by atoms with Crippen LogP contribution < -0.4 is 5.73 Å². The molecule has 7 heteroatoms. The molecule has 0 spiro atoms. The predicted molar refractivity (Wildman–Crippen MR) is 56.4 cm³/mol. The van der Waals surface area contributed by atoms with Crippen molar-refractivity contribution in [2.24, 2.45) is 0 Å². The van der Waals surface area contributed by atoms with Crippen molar-refractivity contribution in [2.45, 2.75) is 12.6 Å². The molecule has 0 aliphatic carbocycles. The highest BCUT2D eigenvalue weighted by Gasteiger charge is 2.21. The monoisotopic (exact) mass is 230 g/mol. The van der Waals surface area contributed by atoms with Crippen LogP contribution in [0, 0.1) is 0 Å². The van der Waals surface area contributed by atoms with E-state index in [1.54, 1.807) is 0 Å². The SMILES string of the molecule is Nc1snnc1CN1CCOC(CO)C1. The third-order valence-corrected chi connectivity index (χ3v) is 2.98. The van der Waals surface area contributed by atoms with E-state index in [1.165, 1.54) is 11.5 Å². The lowest BCUT2D eigenvalue weighted by atomic mass is 10.2. The Balaban J connectivity index is 1.92. The fourth-order valence-corrected chi connectivity index (χ4v) is 2.01. The Morgan fingerprint density at radius 2 is 2.53 bits per heavy atom. The van der Waals surface area contributed by atoms with Crippen LogP contribution >= 0.6 is 11.5 Å². The van der Waals surface area contributed by atoms with Crippen LogP contribution in [0.2, 0.25) is 0 Å². The average molecular weight is 230 g/mol. The van der Waals surface area contributed by atoms with Crippen LogP contribution in [0.4, 0.5) is 5.00 Å². The average Bonchev–Trinajstić information content (AvgIpc) is 2.65. The molecule has 2 rings (SSSR count). The largest absolute Gasteiger partial charge is 0.394 e. The van der Waals surface area contributed by atoms with Crippen LogP contribution in [0.15, 0.2) is 0 Å². The zero-order valence-corrected chi connectivity index (χ0v) is 9.11. The Morgan fingerprint density at radius 1 is 1.67 bits per heavy atom. The van der Waals surface area contributed by atoms with Crippen molar-refractivity contribution < 1.29 is 9.84 Å². The molecule has 84 valence electrons. The number of nitrogens with two attached hydrogens (primary N) is 1. The van der Waals surface area contributed by atoms with E-state index in [1.807, 2.05) is 0 Å². The second-order valence-electron chi connectivity index (χ2n) is 3.49. The molecule has 3 N–H and O–H groups in total. The third kappa shape index (κ3) is 2.63. The van der Waals surface area contributed by atoms with Gasteiger partial charge in [-0.25, -0.2) is 0 Å². The number of ether oxygens (including phenoxy) is 1. The first-order chi connectivity index (χ1) is 7.29. The Kier molecular flexibility index (Phi) is 3.47. The van der Waals surface area contributed by atoms with Gasteiger partial charge in [-0.3, -0.25) is 4.90 Å². The summed E-state index contributed by atoms with van der Waals surface area (Å²) in [5.41, 5.74) is 6.53. The summed E-state index contributed by atoms with van der Waals surface area (Å²) in [4.78, 5) is 2.16. The maximum atomic E-state index is 8.99. The summed E-state index contributed by atoms with van der Waals surface area (Å²) in [5, 5.41) is 13.6. The van der Waals surface area contributed by atoms with Crippen molar-refractivity contribution in [1.29, 1.82) is 0 Å². The van der Waals surface area contributed by atoms with Crippen LogP contribution in [0.25, 0.3) is 0 Å². The molecule has 1 atom stereocenters. The zero-order chi connectivity index (χ0) is 10.7. The second kappa shape index (κ2) is 4.84. The first-order valence-electron chi connectivity index (χ1n) is 4.81. The van der Waals surface area contributed by atoms with E-state index in [-0.39, 0.29) is 12.7 Å². The van der Waals surface area contributed by atoms with Gasteiger partial charge in [0.2, 0.25) is 0 Å². The Labute approximate surface area is 91.8 Å². The number of aromatic nitrogens is 2. The summed E-state index contributed by atoms with van der Waals surface area (Å²) in [6.45, 7) is 2.94. The molecule has 1 saturated heterocycles. The van der Waals surface area contributed by atoms with Gasteiger partial charge in [0.25, 0.3) is 0 Å². The van der Waals surface area contributed by atoms with Crippen LogP contribution in [0.1, 0.15) is 5.69 Å². The number of rotatable bonds is 3. The van der Waals surface area contributed by atoms with Gasteiger partial charge in [-0.1, -0.05) is 4.49 Å². The van der Waals surface area contributed by atoms with Crippen molar-refractivity contribution in [3.8, 4) is 0 Å². The summed E-state index contributed by atoms with van der Waals surface area (Å²) >= 11 is 1.21. The molecule has 6 nitrogen and oxygen atoms in total. The fraction of sp³-hybridized carbons (Fsp3) is 0.750. The molecular formula is C8H14N4O2S. The van der Waals surface area contributed by atoms with E-state index in [0.717, 1.165) is 12.2 Å². The molecule has 1 aliphatic heterocycles. The Hall–Kier alpha value is -0.760. The number of nitrogen functional groups attached to an aromatic ring is 1. The normalized spacial score (nSPS) is 23.1. The van der Waals surface area contributed by atoms with Gasteiger partial charge in [0, 0.05) is 31.2 Å². The lowest BCUT2D eigenvalue weighted by Crippen LogP contribution is -2.43. The Morgan fingerprint density at radius 3 is 3.20 bits per heavy atom. The molecule has 0 radical (unpaired) electrons. The molecule has 1 aliphatic rings. The highest BCUT2D eigenvalue weighted by molar-refractivity contribution is 7.09. The number of anilines is 1. The van der Waals surface area contributed by atoms with E-state index in [0.29, 0.717) is 24.7 Å². The minimum Gasteiger partial charge on any atom is -0.394 e. The van der Waals surface area contributed by atoms with Gasteiger partial charge < -0.3 is 15.6 Å². The maximum Gasteiger partial charge on any atom is 0.132 e. The van der Waals surface area contributed by atoms with Crippen LogP contribution in [-0.2, 0) is 11.3 Å². The number of aliphatic hydroxyl groups is 1. The number of nitrogens with zero attached hydrogens (tertiary/aromatic N) is 3. The third-order valence-electron chi connectivity index (χ3n) is 2.39. The van der Waals surface area contributed by atoms with Gasteiger partial charge in [-0.2, -0.15) is 0 Å². The van der Waals surface area contributed by atoms with Gasteiger partial charge in [-0.15, -0.1) is 5.10 Å². The van der Waals surface area contributed by atoms with Crippen LogP contribution in [0.3, 0.4) is 0 Å². The van der Waals surface area contributed by atoms with Crippen LogP contribution in [-0.4, -0.2) is 52.0 Å². The lowest BCUT2D eigenvalue weighted by molar-refractivity contribution is -0.0553. The molecule has 1 fully saturated rings. The molecule has 15 heavy (non-hydrogen) atoms. The van der Waals surface area contributed by atoms with Gasteiger partial charge in [0.05, 0.1) is 19.3 Å². The summed E-state index contributed by atoms with van der Waals surface area (Å²) in [6.07, 6.45) is -0.0911. The van der Waals surface area contributed by atoms with Gasteiger partial charge in [0.15, 0.2) is 0 Å². The maximum absolute atomic E-state index is 8.99. The quantitative estimate of drug-likeness (QED) is 0.715. The van der Waals surface area contributed by atoms with Gasteiger partial charge in [0.1, 0.15) is 10.7 Å². The number of morpholine rings is 1.